The number of aliphatic hydroxyl groups is 1. The molecule has 22 heavy (non-hydrogen) atoms. The Balaban J connectivity index is 2.09. The van der Waals surface area contributed by atoms with E-state index in [9.17, 15) is 9.90 Å². The number of carboxylic acid groups (broad SMARTS) is 1. The lowest BCUT2D eigenvalue weighted by Crippen LogP contribution is -2.47. The van der Waals surface area contributed by atoms with E-state index in [0.29, 0.717) is 32.5 Å². The SMILES string of the molecule is C=CC[C@@]1(C(=O)O)CCCN(Cc2cn(CCO)nc2C)C1. The average Bonchev–Trinajstić information content (AvgIpc) is 2.80. The normalized spacial score (nSPS) is 22.6. The fraction of sp³-hybridized carbons (Fsp3) is 0.625. The summed E-state index contributed by atoms with van der Waals surface area (Å²) in [5.41, 5.74) is 1.31. The summed E-state index contributed by atoms with van der Waals surface area (Å²) < 4.78 is 1.74. The monoisotopic (exact) mass is 307 g/mol. The summed E-state index contributed by atoms with van der Waals surface area (Å²) in [4.78, 5) is 13.9. The average molecular weight is 307 g/mol. The lowest BCUT2D eigenvalue weighted by molar-refractivity contribution is -0.152. The molecule has 1 aromatic rings. The van der Waals surface area contributed by atoms with E-state index in [1.54, 1.807) is 10.8 Å². The Labute approximate surface area is 131 Å². The first-order chi connectivity index (χ1) is 10.5. The molecule has 6 nitrogen and oxygen atoms in total. The molecule has 0 unspecified atom stereocenters. The molecule has 1 aliphatic rings. The second-order valence-electron chi connectivity index (χ2n) is 6.12. The highest BCUT2D eigenvalue weighted by Gasteiger charge is 2.41. The summed E-state index contributed by atoms with van der Waals surface area (Å²) in [6.45, 7) is 8.34. The molecule has 0 spiro atoms. The lowest BCUT2D eigenvalue weighted by Gasteiger charge is -2.39. The van der Waals surface area contributed by atoms with Gasteiger partial charge in [-0.2, -0.15) is 5.10 Å². The predicted octanol–water partition coefficient (Wildman–Crippen LogP) is 1.43. The van der Waals surface area contributed by atoms with Crippen LogP contribution in [0.3, 0.4) is 0 Å². The molecule has 1 aliphatic heterocycles. The number of hydrogen-bond acceptors (Lipinski definition) is 4. The molecule has 0 amide bonds. The molecule has 1 aromatic heterocycles. The summed E-state index contributed by atoms with van der Waals surface area (Å²) in [7, 11) is 0. The molecule has 2 heterocycles. The molecule has 0 aliphatic carbocycles. The number of rotatable bonds is 7. The number of carboxylic acids is 1. The summed E-state index contributed by atoms with van der Waals surface area (Å²) in [5, 5.41) is 23.0. The van der Waals surface area contributed by atoms with Crippen LogP contribution < -0.4 is 0 Å². The van der Waals surface area contributed by atoms with Crippen LogP contribution in [0.1, 0.15) is 30.5 Å². The highest BCUT2D eigenvalue weighted by atomic mass is 16.4. The van der Waals surface area contributed by atoms with Gasteiger partial charge in [0.2, 0.25) is 0 Å². The lowest BCUT2D eigenvalue weighted by atomic mass is 9.77. The largest absolute Gasteiger partial charge is 0.481 e. The predicted molar refractivity (Wildman–Crippen MR) is 83.4 cm³/mol. The van der Waals surface area contributed by atoms with Crippen molar-refractivity contribution in [1.82, 2.24) is 14.7 Å². The van der Waals surface area contributed by atoms with Gasteiger partial charge in [-0.25, -0.2) is 0 Å². The minimum Gasteiger partial charge on any atom is -0.481 e. The van der Waals surface area contributed by atoms with Gasteiger partial charge < -0.3 is 10.2 Å². The van der Waals surface area contributed by atoms with Crippen LogP contribution in [0.5, 0.6) is 0 Å². The van der Waals surface area contributed by atoms with E-state index in [1.807, 2.05) is 13.1 Å². The minimum absolute atomic E-state index is 0.0612. The Hall–Kier alpha value is -1.66. The molecule has 1 atom stereocenters. The summed E-state index contributed by atoms with van der Waals surface area (Å²) in [6.07, 6.45) is 5.73. The van der Waals surface area contributed by atoms with Crippen molar-refractivity contribution in [3.8, 4) is 0 Å². The number of aliphatic hydroxyl groups excluding tert-OH is 1. The van der Waals surface area contributed by atoms with Crippen molar-refractivity contribution >= 4 is 5.97 Å². The van der Waals surface area contributed by atoms with Gasteiger partial charge in [-0.05, 0) is 32.7 Å². The van der Waals surface area contributed by atoms with Gasteiger partial charge in [0.15, 0.2) is 0 Å². The van der Waals surface area contributed by atoms with E-state index >= 15 is 0 Å². The van der Waals surface area contributed by atoms with E-state index in [2.05, 4.69) is 16.6 Å². The van der Waals surface area contributed by atoms with Crippen molar-refractivity contribution in [3.05, 3.63) is 30.1 Å². The van der Waals surface area contributed by atoms with E-state index in [4.69, 9.17) is 5.11 Å². The van der Waals surface area contributed by atoms with E-state index in [0.717, 1.165) is 24.2 Å². The van der Waals surface area contributed by atoms with Gasteiger partial charge in [0.1, 0.15) is 0 Å². The van der Waals surface area contributed by atoms with Crippen molar-refractivity contribution in [2.75, 3.05) is 19.7 Å². The number of nitrogens with zero attached hydrogens (tertiary/aromatic N) is 3. The van der Waals surface area contributed by atoms with E-state index in [-0.39, 0.29) is 6.61 Å². The quantitative estimate of drug-likeness (QED) is 0.745. The van der Waals surface area contributed by atoms with Gasteiger partial charge in [-0.1, -0.05) is 6.08 Å². The first-order valence-corrected chi connectivity index (χ1v) is 7.71. The van der Waals surface area contributed by atoms with Crippen LogP contribution >= 0.6 is 0 Å². The van der Waals surface area contributed by atoms with Crippen LogP contribution in [0.2, 0.25) is 0 Å². The van der Waals surface area contributed by atoms with Gasteiger partial charge in [0.05, 0.1) is 24.3 Å². The van der Waals surface area contributed by atoms with Crippen LogP contribution in [0, 0.1) is 12.3 Å². The van der Waals surface area contributed by atoms with Crippen molar-refractivity contribution < 1.29 is 15.0 Å². The number of aliphatic carboxylic acids is 1. The van der Waals surface area contributed by atoms with Crippen molar-refractivity contribution in [2.45, 2.75) is 39.3 Å². The third kappa shape index (κ3) is 3.56. The van der Waals surface area contributed by atoms with Crippen LogP contribution in [-0.4, -0.2) is 50.6 Å². The number of likely N-dealkylation sites (tertiary alicyclic amines) is 1. The number of aryl methyl sites for hydroxylation is 1. The fourth-order valence-corrected chi connectivity index (χ4v) is 3.24. The van der Waals surface area contributed by atoms with Gasteiger partial charge >= 0.3 is 5.97 Å². The van der Waals surface area contributed by atoms with Crippen LogP contribution in [0.15, 0.2) is 18.9 Å². The molecule has 1 fully saturated rings. The number of hydrogen-bond donors (Lipinski definition) is 2. The zero-order chi connectivity index (χ0) is 16.2. The molecule has 1 saturated heterocycles. The number of carbonyl (C=O) groups is 1. The van der Waals surface area contributed by atoms with E-state index < -0.39 is 11.4 Å². The molecule has 2 N–H and O–H groups in total. The van der Waals surface area contributed by atoms with Gasteiger partial charge in [-0.15, -0.1) is 6.58 Å². The van der Waals surface area contributed by atoms with Gasteiger partial charge in [0, 0.05) is 24.8 Å². The molecule has 6 heteroatoms. The van der Waals surface area contributed by atoms with Crippen LogP contribution in [-0.2, 0) is 17.9 Å². The third-order valence-electron chi connectivity index (χ3n) is 4.42. The van der Waals surface area contributed by atoms with Crippen molar-refractivity contribution in [3.63, 3.8) is 0 Å². The number of aromatic nitrogens is 2. The number of allylic oxidation sites excluding steroid dienone is 1. The van der Waals surface area contributed by atoms with Crippen molar-refractivity contribution in [1.29, 1.82) is 0 Å². The highest BCUT2D eigenvalue weighted by molar-refractivity contribution is 5.75. The summed E-state index contributed by atoms with van der Waals surface area (Å²) in [6, 6.07) is 0. The Kier molecular flexibility index (Phi) is 5.37. The molecular weight excluding hydrogens is 282 g/mol. The first kappa shape index (κ1) is 16.7. The van der Waals surface area contributed by atoms with Gasteiger partial charge in [-0.3, -0.25) is 14.4 Å². The second kappa shape index (κ2) is 7.07. The maximum Gasteiger partial charge on any atom is 0.311 e. The molecular formula is C16H25N3O3. The second-order valence-corrected chi connectivity index (χ2v) is 6.12. The third-order valence-corrected chi connectivity index (χ3v) is 4.42. The van der Waals surface area contributed by atoms with Gasteiger partial charge in [0.25, 0.3) is 0 Å². The minimum atomic E-state index is -0.732. The van der Waals surface area contributed by atoms with Crippen molar-refractivity contribution in [2.24, 2.45) is 5.41 Å². The topological polar surface area (TPSA) is 78.6 Å². The molecule has 0 saturated carbocycles. The zero-order valence-corrected chi connectivity index (χ0v) is 13.2. The Morgan fingerprint density at radius 1 is 1.59 bits per heavy atom. The summed E-state index contributed by atoms with van der Waals surface area (Å²) in [5.74, 6) is -0.732. The fourth-order valence-electron chi connectivity index (χ4n) is 3.24. The molecule has 122 valence electrons. The molecule has 2 rings (SSSR count). The maximum absolute atomic E-state index is 11.7. The smallest absolute Gasteiger partial charge is 0.311 e. The Morgan fingerprint density at radius 2 is 2.36 bits per heavy atom. The maximum atomic E-state index is 11.7. The first-order valence-electron chi connectivity index (χ1n) is 7.71. The summed E-state index contributed by atoms with van der Waals surface area (Å²) >= 11 is 0. The molecule has 0 bridgehead atoms. The standard InChI is InChI=1S/C16H25N3O3/c1-3-5-16(15(21)22)6-4-7-18(12-16)10-14-11-19(8-9-20)17-13(14)2/h3,11,20H,1,4-10,12H2,2H3,(H,21,22)/t16-/m1/s1. The molecule has 0 radical (unpaired) electrons. The Bertz CT molecular complexity index is 541. The van der Waals surface area contributed by atoms with Crippen LogP contribution in [0.4, 0.5) is 0 Å². The Morgan fingerprint density at radius 3 is 3.00 bits per heavy atom. The van der Waals surface area contributed by atoms with Crippen LogP contribution in [0.25, 0.3) is 0 Å². The zero-order valence-electron chi connectivity index (χ0n) is 13.2. The molecule has 0 aromatic carbocycles. The highest BCUT2D eigenvalue weighted by Crippen LogP contribution is 2.35. The number of piperidine rings is 1. The van der Waals surface area contributed by atoms with E-state index in [1.165, 1.54) is 0 Å².